The lowest BCUT2D eigenvalue weighted by atomic mass is 10.1. The van der Waals surface area contributed by atoms with Gasteiger partial charge in [-0.1, -0.05) is 0 Å². The van der Waals surface area contributed by atoms with Gasteiger partial charge in [-0.3, -0.25) is 9.59 Å². The summed E-state index contributed by atoms with van der Waals surface area (Å²) in [5, 5.41) is 8.92. The number of anilines is 1. The number of amides is 1. The number of ether oxygens (including phenoxy) is 1. The lowest BCUT2D eigenvalue weighted by Crippen LogP contribution is -2.50. The number of carbonyl (C=O) groups excluding carboxylic acids is 1. The van der Waals surface area contributed by atoms with Crippen LogP contribution >= 0.6 is 0 Å². The standard InChI is InChI=1S/C19H20FN3O5/c1-2-21-5-6-22(10-17(21)24)15-8-14-12(7-13(15)20)18(25)16(28-19(26)27)9-23(14)11-3-4-11/h7-9,11H,2-6,10H2,1H3,(H,26,27). The molecule has 9 heteroatoms. The van der Waals surface area contributed by atoms with Crippen molar-refractivity contribution < 1.29 is 23.8 Å². The van der Waals surface area contributed by atoms with Crippen LogP contribution in [0.1, 0.15) is 25.8 Å². The van der Waals surface area contributed by atoms with E-state index in [2.05, 4.69) is 4.74 Å². The first-order valence-corrected chi connectivity index (χ1v) is 9.21. The minimum absolute atomic E-state index is 0.0606. The van der Waals surface area contributed by atoms with E-state index in [-0.39, 0.29) is 35.3 Å². The SMILES string of the molecule is CCN1CCN(c2cc3c(cc2F)c(=O)c(OC(=O)O)cn3C2CC2)CC1=O. The van der Waals surface area contributed by atoms with E-state index in [0.29, 0.717) is 25.2 Å². The monoisotopic (exact) mass is 389 g/mol. The van der Waals surface area contributed by atoms with Gasteiger partial charge in [-0.05, 0) is 31.9 Å². The Morgan fingerprint density at radius 1 is 1.29 bits per heavy atom. The van der Waals surface area contributed by atoms with Crippen LogP contribution in [-0.2, 0) is 4.79 Å². The van der Waals surface area contributed by atoms with E-state index in [0.717, 1.165) is 18.9 Å². The molecule has 1 amide bonds. The van der Waals surface area contributed by atoms with Gasteiger partial charge in [-0.25, -0.2) is 9.18 Å². The lowest BCUT2D eigenvalue weighted by molar-refractivity contribution is -0.130. The molecule has 28 heavy (non-hydrogen) atoms. The van der Waals surface area contributed by atoms with Crippen LogP contribution in [0.4, 0.5) is 14.9 Å². The smallest absolute Gasteiger partial charge is 0.449 e. The van der Waals surface area contributed by atoms with Gasteiger partial charge in [0.25, 0.3) is 0 Å². The van der Waals surface area contributed by atoms with E-state index >= 15 is 0 Å². The van der Waals surface area contributed by atoms with Crippen molar-refractivity contribution in [3.63, 3.8) is 0 Å². The molecule has 2 aliphatic rings. The number of halogens is 1. The average Bonchev–Trinajstić information content (AvgIpc) is 3.48. The minimum Gasteiger partial charge on any atom is -0.449 e. The molecular weight excluding hydrogens is 369 g/mol. The fourth-order valence-corrected chi connectivity index (χ4v) is 3.65. The molecule has 1 aliphatic heterocycles. The molecule has 2 heterocycles. The topological polar surface area (TPSA) is 92.1 Å². The molecule has 2 aromatic rings. The summed E-state index contributed by atoms with van der Waals surface area (Å²) in [6.45, 7) is 3.59. The average molecular weight is 389 g/mol. The highest BCUT2D eigenvalue weighted by Gasteiger charge is 2.29. The number of pyridine rings is 1. The van der Waals surface area contributed by atoms with E-state index in [4.69, 9.17) is 5.11 Å². The summed E-state index contributed by atoms with van der Waals surface area (Å²) in [6, 6.07) is 2.79. The molecule has 8 nitrogen and oxygen atoms in total. The number of piperazine rings is 1. The fourth-order valence-electron chi connectivity index (χ4n) is 3.65. The fraction of sp³-hybridized carbons (Fsp3) is 0.421. The Hall–Kier alpha value is -3.10. The van der Waals surface area contributed by atoms with E-state index in [1.807, 2.05) is 6.92 Å². The molecule has 1 aromatic heterocycles. The molecule has 1 saturated heterocycles. The van der Waals surface area contributed by atoms with Crippen molar-refractivity contribution in [3.05, 3.63) is 34.4 Å². The number of hydrogen-bond donors (Lipinski definition) is 1. The van der Waals surface area contributed by atoms with Crippen molar-refractivity contribution in [3.8, 4) is 5.75 Å². The first-order chi connectivity index (χ1) is 13.4. The third kappa shape index (κ3) is 3.17. The van der Waals surface area contributed by atoms with Crippen LogP contribution in [-0.4, -0.2) is 52.8 Å². The molecule has 0 unspecified atom stereocenters. The number of carbonyl (C=O) groups is 2. The molecule has 0 atom stereocenters. The molecule has 1 aromatic carbocycles. The second kappa shape index (κ2) is 6.81. The van der Waals surface area contributed by atoms with E-state index in [9.17, 15) is 18.8 Å². The molecule has 4 rings (SSSR count). The normalized spacial score (nSPS) is 17.3. The van der Waals surface area contributed by atoms with Gasteiger partial charge in [-0.15, -0.1) is 0 Å². The zero-order valence-electron chi connectivity index (χ0n) is 15.4. The third-order valence-corrected chi connectivity index (χ3v) is 5.25. The molecule has 1 aliphatic carbocycles. The number of rotatable bonds is 4. The molecule has 148 valence electrons. The summed E-state index contributed by atoms with van der Waals surface area (Å²) in [5.41, 5.74) is 0.0935. The van der Waals surface area contributed by atoms with Crippen molar-refractivity contribution in [2.75, 3.05) is 31.1 Å². The highest BCUT2D eigenvalue weighted by Crippen LogP contribution is 2.39. The van der Waals surface area contributed by atoms with E-state index < -0.39 is 17.4 Å². The zero-order valence-corrected chi connectivity index (χ0v) is 15.4. The van der Waals surface area contributed by atoms with Crippen LogP contribution in [0.15, 0.2) is 23.1 Å². The highest BCUT2D eigenvalue weighted by atomic mass is 19.1. The Kier molecular flexibility index (Phi) is 4.44. The van der Waals surface area contributed by atoms with Gasteiger partial charge in [0.15, 0.2) is 5.75 Å². The third-order valence-electron chi connectivity index (χ3n) is 5.25. The van der Waals surface area contributed by atoms with Crippen molar-refractivity contribution in [1.29, 1.82) is 0 Å². The predicted molar refractivity (Wildman–Crippen MR) is 99.6 cm³/mol. The lowest BCUT2D eigenvalue weighted by Gasteiger charge is -2.35. The first kappa shape index (κ1) is 18.3. The van der Waals surface area contributed by atoms with E-state index in [1.165, 1.54) is 6.20 Å². The maximum absolute atomic E-state index is 14.9. The van der Waals surface area contributed by atoms with Gasteiger partial charge < -0.3 is 24.2 Å². The van der Waals surface area contributed by atoms with Crippen LogP contribution in [0, 0.1) is 5.82 Å². The first-order valence-electron chi connectivity index (χ1n) is 9.21. The number of likely N-dealkylation sites (N-methyl/N-ethyl adjacent to an activating group) is 1. The van der Waals surface area contributed by atoms with Crippen LogP contribution in [0.25, 0.3) is 10.9 Å². The Bertz CT molecular complexity index is 1030. The summed E-state index contributed by atoms with van der Waals surface area (Å²) >= 11 is 0. The van der Waals surface area contributed by atoms with Gasteiger partial charge >= 0.3 is 6.16 Å². The van der Waals surface area contributed by atoms with Crippen molar-refractivity contribution >= 4 is 28.7 Å². The van der Waals surface area contributed by atoms with Crippen LogP contribution in [0.5, 0.6) is 5.75 Å². The number of benzene rings is 1. The summed E-state index contributed by atoms with van der Waals surface area (Å²) in [5.74, 6) is -1.04. The second-order valence-corrected chi connectivity index (χ2v) is 7.04. The maximum atomic E-state index is 14.9. The Balaban J connectivity index is 1.82. The maximum Gasteiger partial charge on any atom is 0.511 e. The molecule has 1 saturated carbocycles. The molecule has 2 fully saturated rings. The van der Waals surface area contributed by atoms with Crippen LogP contribution in [0.3, 0.4) is 0 Å². The Morgan fingerprint density at radius 3 is 2.64 bits per heavy atom. The van der Waals surface area contributed by atoms with Gasteiger partial charge in [0.1, 0.15) is 5.82 Å². The largest absolute Gasteiger partial charge is 0.511 e. The summed E-state index contributed by atoms with van der Waals surface area (Å²) in [7, 11) is 0. The Labute approximate surface area is 159 Å². The molecule has 0 radical (unpaired) electrons. The number of aromatic nitrogens is 1. The van der Waals surface area contributed by atoms with Crippen molar-refractivity contribution in [2.45, 2.75) is 25.8 Å². The number of nitrogens with zero attached hydrogens (tertiary/aromatic N) is 3. The summed E-state index contributed by atoms with van der Waals surface area (Å²) in [6.07, 6.45) is 1.54. The van der Waals surface area contributed by atoms with Gasteiger partial charge in [0.05, 0.1) is 29.3 Å². The number of carboxylic acid groups (broad SMARTS) is 1. The molecule has 0 bridgehead atoms. The van der Waals surface area contributed by atoms with Crippen LogP contribution in [0.2, 0.25) is 0 Å². The van der Waals surface area contributed by atoms with Crippen molar-refractivity contribution in [1.82, 2.24) is 9.47 Å². The van der Waals surface area contributed by atoms with E-state index in [1.54, 1.807) is 20.4 Å². The van der Waals surface area contributed by atoms with Gasteiger partial charge in [0.2, 0.25) is 11.3 Å². The predicted octanol–water partition coefficient (Wildman–Crippen LogP) is 2.20. The highest BCUT2D eigenvalue weighted by molar-refractivity contribution is 5.87. The minimum atomic E-state index is -1.59. The van der Waals surface area contributed by atoms with Crippen LogP contribution < -0.4 is 15.1 Å². The molecule has 0 spiro atoms. The van der Waals surface area contributed by atoms with Gasteiger partial charge in [0, 0.05) is 25.7 Å². The molecule has 1 N–H and O–H groups in total. The second-order valence-electron chi connectivity index (χ2n) is 7.04. The number of fused-ring (bicyclic) bond motifs is 1. The molecular formula is C19H20FN3O5. The van der Waals surface area contributed by atoms with Gasteiger partial charge in [-0.2, -0.15) is 0 Å². The van der Waals surface area contributed by atoms with Crippen molar-refractivity contribution in [2.24, 2.45) is 0 Å². The number of hydrogen-bond acceptors (Lipinski definition) is 5. The Morgan fingerprint density at radius 2 is 2.04 bits per heavy atom. The summed E-state index contributed by atoms with van der Waals surface area (Å²) < 4.78 is 21.2. The quantitative estimate of drug-likeness (QED) is 0.806. The summed E-state index contributed by atoms with van der Waals surface area (Å²) in [4.78, 5) is 39.1. The zero-order chi connectivity index (χ0) is 20.0.